The Kier molecular flexibility index (Phi) is 13.0. The Morgan fingerprint density at radius 2 is 1.38 bits per heavy atom. The first-order valence-electron chi connectivity index (χ1n) is 23.7. The van der Waals surface area contributed by atoms with Crippen LogP contribution in [0.4, 0.5) is 0 Å². The molecule has 3 heterocycles. The van der Waals surface area contributed by atoms with Gasteiger partial charge in [0, 0.05) is 10.8 Å². The summed E-state index contributed by atoms with van der Waals surface area (Å²) in [4.78, 5) is 12.4. The topological polar surface area (TPSA) is 275 Å². The Bertz CT molecular complexity index is 1760. The van der Waals surface area contributed by atoms with Gasteiger partial charge in [0.05, 0.1) is 31.5 Å². The molecule has 0 spiro atoms. The number of aliphatic carboxylic acids is 1. The molecule has 64 heavy (non-hydrogen) atoms. The zero-order valence-electron chi connectivity index (χ0n) is 38.7. The van der Waals surface area contributed by atoms with E-state index in [1.165, 1.54) is 12.5 Å². The number of carboxylic acids is 1. The van der Waals surface area contributed by atoms with Crippen LogP contribution in [-0.4, -0.2) is 168 Å². The number of allylic oxidation sites excluding steroid dienone is 2. The van der Waals surface area contributed by atoms with E-state index in [2.05, 4.69) is 47.6 Å². The van der Waals surface area contributed by atoms with Crippen LogP contribution < -0.4 is 0 Å². The molecule has 0 aromatic carbocycles. The highest BCUT2D eigenvalue weighted by molar-refractivity contribution is 5.73. The van der Waals surface area contributed by atoms with Crippen molar-refractivity contribution in [2.45, 2.75) is 211 Å². The fourth-order valence-corrected chi connectivity index (χ4v) is 14.8. The molecular weight excluding hydrogens is 837 g/mol. The summed E-state index contributed by atoms with van der Waals surface area (Å²) in [5, 5.41) is 109. The lowest BCUT2D eigenvalue weighted by atomic mass is 9.33. The first-order valence-corrected chi connectivity index (χ1v) is 23.7. The molecule has 3 saturated heterocycles. The van der Waals surface area contributed by atoms with E-state index < -0.39 is 110 Å². The number of ether oxygens (including phenoxy) is 6. The SMILES string of the molecule is C[C@@H]1O[C@@H](O[C@H]2[C@H](O[C@H]3[C@H](O[C@H]4CC[C@@]5(C)[C@@H](CC[C@]6(C)[C@@H]5CC=C5[C@@H]7CC(C)(C)C[C@@H](O)[C@]7(C)CC[C@]56C)[C@@]4(C)CO)O[C@H](C(=O)O)[C@@H](O)[C@@H]3O)OC[C@H](O)[C@@H]2O)[C@H](O)[C@H](O)[C@H]1O. The molecule has 0 aromatic rings. The van der Waals surface area contributed by atoms with Crippen LogP contribution in [0.3, 0.4) is 0 Å². The highest BCUT2D eigenvalue weighted by atomic mass is 16.8. The van der Waals surface area contributed by atoms with Gasteiger partial charge in [0.2, 0.25) is 0 Å². The molecule has 0 unspecified atom stereocenters. The summed E-state index contributed by atoms with van der Waals surface area (Å²) in [7, 11) is 0. The summed E-state index contributed by atoms with van der Waals surface area (Å²) < 4.78 is 36.1. The maximum absolute atomic E-state index is 12.4. The maximum Gasteiger partial charge on any atom is 0.335 e. The molecule has 10 N–H and O–H groups in total. The lowest BCUT2D eigenvalue weighted by Crippen LogP contribution is -2.68. The van der Waals surface area contributed by atoms with E-state index in [0.29, 0.717) is 18.8 Å². The molecule has 4 saturated carbocycles. The van der Waals surface area contributed by atoms with Crippen molar-refractivity contribution in [3.05, 3.63) is 11.6 Å². The summed E-state index contributed by atoms with van der Waals surface area (Å²) in [5.74, 6) is -1.05. The summed E-state index contributed by atoms with van der Waals surface area (Å²) in [6.07, 6.45) is -14.5. The molecule has 17 nitrogen and oxygen atoms in total. The Balaban J connectivity index is 1.06. The van der Waals surface area contributed by atoms with Gasteiger partial charge in [-0.1, -0.05) is 60.1 Å². The summed E-state index contributed by atoms with van der Waals surface area (Å²) in [6, 6.07) is 0. The number of aliphatic hydroxyl groups excluding tert-OH is 9. The highest BCUT2D eigenvalue weighted by Crippen LogP contribution is 2.76. The van der Waals surface area contributed by atoms with Crippen molar-refractivity contribution in [1.29, 1.82) is 0 Å². The Morgan fingerprint density at radius 1 is 0.703 bits per heavy atom. The van der Waals surface area contributed by atoms with Gasteiger partial charge >= 0.3 is 5.97 Å². The third-order valence-corrected chi connectivity index (χ3v) is 19.1. The van der Waals surface area contributed by atoms with Gasteiger partial charge in [-0.2, -0.15) is 0 Å². The van der Waals surface area contributed by atoms with E-state index in [9.17, 15) is 55.9 Å². The highest BCUT2D eigenvalue weighted by Gasteiger charge is 2.70. The fourth-order valence-electron chi connectivity index (χ4n) is 14.8. The van der Waals surface area contributed by atoms with Crippen LogP contribution in [0.1, 0.15) is 113 Å². The molecule has 5 aliphatic carbocycles. The second kappa shape index (κ2) is 16.9. The summed E-state index contributed by atoms with van der Waals surface area (Å²) in [6.45, 7) is 16.8. The molecule has 0 radical (unpaired) electrons. The Morgan fingerprint density at radius 3 is 2.05 bits per heavy atom. The monoisotopic (exact) mass is 913 g/mol. The predicted octanol–water partition coefficient (Wildman–Crippen LogP) is 1.34. The quantitative estimate of drug-likeness (QED) is 0.122. The molecule has 3 aliphatic heterocycles. The lowest BCUT2D eigenvalue weighted by Gasteiger charge is -2.72. The first kappa shape index (κ1) is 49.0. The van der Waals surface area contributed by atoms with Crippen molar-refractivity contribution in [3.8, 4) is 0 Å². The molecule has 0 aromatic heterocycles. The van der Waals surface area contributed by atoms with Gasteiger partial charge in [0.1, 0.15) is 54.9 Å². The van der Waals surface area contributed by atoms with Crippen molar-refractivity contribution in [1.82, 2.24) is 0 Å². The van der Waals surface area contributed by atoms with Crippen LogP contribution in [0.2, 0.25) is 0 Å². The molecule has 17 heteroatoms. The number of hydrogen-bond donors (Lipinski definition) is 10. The number of aliphatic hydroxyl groups is 9. The first-order chi connectivity index (χ1) is 29.8. The van der Waals surface area contributed by atoms with Gasteiger partial charge in [-0.05, 0) is 104 Å². The average Bonchev–Trinajstić information content (AvgIpc) is 3.22. The van der Waals surface area contributed by atoms with E-state index in [-0.39, 0.29) is 51.6 Å². The molecule has 24 atom stereocenters. The van der Waals surface area contributed by atoms with Gasteiger partial charge in [-0.25, -0.2) is 4.79 Å². The number of hydrogen-bond acceptors (Lipinski definition) is 16. The minimum atomic E-state index is -2.01. The molecule has 8 rings (SSSR count). The van der Waals surface area contributed by atoms with Crippen LogP contribution in [0.15, 0.2) is 11.6 Å². The smallest absolute Gasteiger partial charge is 0.335 e. The number of carbonyl (C=O) groups is 1. The molecule has 7 fully saturated rings. The van der Waals surface area contributed by atoms with Gasteiger partial charge in [-0.15, -0.1) is 0 Å². The molecule has 8 aliphatic rings. The third kappa shape index (κ3) is 7.49. The van der Waals surface area contributed by atoms with Crippen molar-refractivity contribution >= 4 is 5.97 Å². The van der Waals surface area contributed by atoms with Crippen LogP contribution in [0.25, 0.3) is 0 Å². The van der Waals surface area contributed by atoms with E-state index in [1.807, 2.05) is 6.92 Å². The van der Waals surface area contributed by atoms with Crippen LogP contribution in [0, 0.1) is 50.2 Å². The van der Waals surface area contributed by atoms with Gasteiger partial charge in [0.15, 0.2) is 25.0 Å². The molecular formula is C47H76O17. The van der Waals surface area contributed by atoms with Crippen molar-refractivity contribution in [3.63, 3.8) is 0 Å². The summed E-state index contributed by atoms with van der Waals surface area (Å²) in [5.41, 5.74) is 0.0929. The number of rotatable bonds is 8. The van der Waals surface area contributed by atoms with E-state index >= 15 is 0 Å². The third-order valence-electron chi connectivity index (χ3n) is 19.1. The standard InChI is InChI=1S/C47H76O17/c1-21-29(51)31(53)34(56)39(60-21)63-36-30(52)24(49)19-59-40(36)64-37-33(55)32(54)35(38(57)58)62-41(37)61-28-12-13-44(5)25(45(28,6)20-48)11-14-47(8)26(44)10-9-22-23-17-42(2,3)18-27(50)43(23,4)15-16-46(22,47)7/h9,21,23-37,39-41,48-56H,10-20H2,1-8H3,(H,57,58)/t21-,23-,24-,25+,26+,27+,28-,29-,30-,31+,32-,33-,34+,35-,36+,37+,39-,40-,41+,43+,44-,45+,46+,47+/m0/s1. The van der Waals surface area contributed by atoms with Crippen molar-refractivity contribution in [2.24, 2.45) is 50.2 Å². The zero-order valence-corrected chi connectivity index (χ0v) is 38.7. The average molecular weight is 913 g/mol. The van der Waals surface area contributed by atoms with E-state index in [0.717, 1.165) is 44.9 Å². The number of carboxylic acid groups (broad SMARTS) is 1. The molecule has 0 amide bonds. The lowest BCUT2D eigenvalue weighted by molar-refractivity contribution is -0.387. The largest absolute Gasteiger partial charge is 0.479 e. The summed E-state index contributed by atoms with van der Waals surface area (Å²) >= 11 is 0. The van der Waals surface area contributed by atoms with E-state index in [1.54, 1.807) is 0 Å². The minimum absolute atomic E-state index is 0.0286. The zero-order chi connectivity index (χ0) is 46.9. The van der Waals surface area contributed by atoms with Gasteiger partial charge in [0.25, 0.3) is 0 Å². The second-order valence-corrected chi connectivity index (χ2v) is 23.2. The maximum atomic E-state index is 12.4. The fraction of sp³-hybridized carbons (Fsp3) is 0.936. The van der Waals surface area contributed by atoms with Crippen LogP contribution in [-0.2, 0) is 33.2 Å². The predicted molar refractivity (Wildman–Crippen MR) is 225 cm³/mol. The van der Waals surface area contributed by atoms with Crippen molar-refractivity contribution in [2.75, 3.05) is 13.2 Å². The van der Waals surface area contributed by atoms with E-state index in [4.69, 9.17) is 28.4 Å². The Hall–Kier alpha value is -1.39. The minimum Gasteiger partial charge on any atom is -0.479 e. The van der Waals surface area contributed by atoms with Gasteiger partial charge < -0.3 is 79.5 Å². The number of fused-ring (bicyclic) bond motifs is 7. The Labute approximate surface area is 376 Å². The van der Waals surface area contributed by atoms with Crippen LogP contribution in [0.5, 0.6) is 0 Å². The molecule has 0 bridgehead atoms. The molecule has 366 valence electrons. The second-order valence-electron chi connectivity index (χ2n) is 23.2. The normalized spacial score (nSPS) is 56.1. The van der Waals surface area contributed by atoms with Crippen molar-refractivity contribution < 1.29 is 84.3 Å². The van der Waals surface area contributed by atoms with Gasteiger partial charge in [-0.3, -0.25) is 0 Å². The van der Waals surface area contributed by atoms with Crippen LogP contribution >= 0.6 is 0 Å².